The average molecular weight is 182 g/mol. The Hall–Kier alpha value is -0.630. The molecule has 1 fully saturated rings. The summed E-state index contributed by atoms with van der Waals surface area (Å²) in [5, 5.41) is 9.84. The average Bonchev–Trinajstić information content (AvgIpc) is 2.14. The highest BCUT2D eigenvalue weighted by Gasteiger charge is 2.34. The molecule has 1 rings (SSSR count). The maximum Gasteiger partial charge on any atom is 0.135 e. The second-order valence-electron chi connectivity index (χ2n) is 4.26. The molecule has 13 heavy (non-hydrogen) atoms. The molecular formula is C11H18O2. The normalized spacial score (nSPS) is 35.5. The summed E-state index contributed by atoms with van der Waals surface area (Å²) in [5.74, 6) is 0.195. The van der Waals surface area contributed by atoms with Gasteiger partial charge in [0.2, 0.25) is 0 Å². The number of carbonyl (C=O) groups excluding carboxylic acids is 1. The summed E-state index contributed by atoms with van der Waals surface area (Å²) in [6.45, 7) is 5.73. The van der Waals surface area contributed by atoms with E-state index >= 15 is 0 Å². The second-order valence-corrected chi connectivity index (χ2v) is 4.26. The van der Waals surface area contributed by atoms with Crippen LogP contribution < -0.4 is 0 Å². The van der Waals surface area contributed by atoms with E-state index in [1.54, 1.807) is 0 Å². The molecule has 0 heterocycles. The highest BCUT2D eigenvalue weighted by molar-refractivity contribution is 5.79. The fourth-order valence-corrected chi connectivity index (χ4v) is 1.99. The number of hydrogen-bond acceptors (Lipinski definition) is 2. The lowest BCUT2D eigenvalue weighted by Gasteiger charge is -2.31. The fourth-order valence-electron chi connectivity index (χ4n) is 1.99. The first-order valence-corrected chi connectivity index (χ1v) is 4.89. The van der Waals surface area contributed by atoms with Crippen LogP contribution in [0.4, 0.5) is 0 Å². The van der Waals surface area contributed by atoms with Gasteiger partial charge in [-0.15, -0.1) is 6.58 Å². The Morgan fingerprint density at radius 3 is 3.08 bits per heavy atom. The van der Waals surface area contributed by atoms with Gasteiger partial charge in [-0.05, 0) is 24.7 Å². The van der Waals surface area contributed by atoms with Gasteiger partial charge in [-0.2, -0.15) is 0 Å². The summed E-state index contributed by atoms with van der Waals surface area (Å²) in [7, 11) is 0. The van der Waals surface area contributed by atoms with Crippen molar-refractivity contribution in [1.29, 1.82) is 0 Å². The molecule has 1 N–H and O–H groups in total. The van der Waals surface area contributed by atoms with Gasteiger partial charge in [0.15, 0.2) is 0 Å². The van der Waals surface area contributed by atoms with E-state index < -0.39 is 6.10 Å². The van der Waals surface area contributed by atoms with Crippen molar-refractivity contribution in [2.24, 2.45) is 5.41 Å². The number of carbonyl (C=O) groups is 1. The SMILES string of the molecule is C=CC[C@]1(C)CCCC(=O)CC1O. The van der Waals surface area contributed by atoms with Gasteiger partial charge in [0.1, 0.15) is 5.78 Å². The van der Waals surface area contributed by atoms with Crippen LogP contribution in [0.15, 0.2) is 12.7 Å². The van der Waals surface area contributed by atoms with Crippen molar-refractivity contribution in [3.63, 3.8) is 0 Å². The Morgan fingerprint density at radius 1 is 1.77 bits per heavy atom. The van der Waals surface area contributed by atoms with Gasteiger partial charge in [-0.1, -0.05) is 13.0 Å². The predicted molar refractivity (Wildman–Crippen MR) is 52.4 cm³/mol. The monoisotopic (exact) mass is 182 g/mol. The molecule has 0 amide bonds. The predicted octanol–water partition coefficient (Wildman–Crippen LogP) is 2.07. The van der Waals surface area contributed by atoms with E-state index in [4.69, 9.17) is 0 Å². The molecule has 0 aliphatic heterocycles. The number of hydrogen-bond donors (Lipinski definition) is 1. The third kappa shape index (κ3) is 2.41. The van der Waals surface area contributed by atoms with Gasteiger partial charge in [0.05, 0.1) is 6.10 Å². The van der Waals surface area contributed by atoms with Gasteiger partial charge >= 0.3 is 0 Å². The molecule has 1 aliphatic carbocycles. The van der Waals surface area contributed by atoms with E-state index in [0.717, 1.165) is 19.3 Å². The first kappa shape index (κ1) is 10.5. The van der Waals surface area contributed by atoms with Gasteiger partial charge in [0, 0.05) is 12.8 Å². The van der Waals surface area contributed by atoms with E-state index in [1.165, 1.54) is 0 Å². The zero-order valence-corrected chi connectivity index (χ0v) is 8.25. The molecule has 2 atom stereocenters. The molecule has 0 aromatic rings. The molecule has 74 valence electrons. The minimum absolute atomic E-state index is 0.131. The van der Waals surface area contributed by atoms with Gasteiger partial charge in [-0.3, -0.25) is 4.79 Å². The molecule has 1 unspecified atom stereocenters. The van der Waals surface area contributed by atoms with Crippen LogP contribution >= 0.6 is 0 Å². The standard InChI is InChI=1S/C11H18O2/c1-3-6-11(2)7-4-5-9(12)8-10(11)13/h3,10,13H,1,4-8H2,2H3/t10?,11-/m1/s1. The van der Waals surface area contributed by atoms with Crippen molar-refractivity contribution >= 4 is 5.78 Å². The highest BCUT2D eigenvalue weighted by Crippen LogP contribution is 2.36. The summed E-state index contributed by atoms with van der Waals surface area (Å²) in [5.41, 5.74) is -0.131. The molecule has 0 bridgehead atoms. The van der Waals surface area contributed by atoms with Crippen molar-refractivity contribution < 1.29 is 9.90 Å². The Labute approximate surface area is 79.6 Å². The van der Waals surface area contributed by atoms with E-state index in [2.05, 4.69) is 6.58 Å². The van der Waals surface area contributed by atoms with Crippen molar-refractivity contribution in [3.05, 3.63) is 12.7 Å². The number of aliphatic hydroxyl groups is 1. The Kier molecular flexibility index (Phi) is 3.26. The maximum atomic E-state index is 11.2. The van der Waals surface area contributed by atoms with Crippen molar-refractivity contribution in [1.82, 2.24) is 0 Å². The second kappa shape index (κ2) is 4.05. The van der Waals surface area contributed by atoms with Gasteiger partial charge in [-0.25, -0.2) is 0 Å². The largest absolute Gasteiger partial charge is 0.392 e. The van der Waals surface area contributed by atoms with Crippen LogP contribution in [0.25, 0.3) is 0 Å². The number of aliphatic hydroxyl groups excluding tert-OH is 1. The summed E-state index contributed by atoms with van der Waals surface area (Å²) in [4.78, 5) is 11.2. The number of rotatable bonds is 2. The van der Waals surface area contributed by atoms with Crippen LogP contribution in [-0.4, -0.2) is 17.0 Å². The summed E-state index contributed by atoms with van der Waals surface area (Å²) >= 11 is 0. The van der Waals surface area contributed by atoms with Crippen LogP contribution in [0.1, 0.15) is 39.0 Å². The summed E-state index contributed by atoms with van der Waals surface area (Å²) in [6.07, 6.45) is 4.92. The molecule has 0 saturated heterocycles. The molecule has 0 spiro atoms. The molecule has 0 aromatic carbocycles. The van der Waals surface area contributed by atoms with E-state index in [9.17, 15) is 9.90 Å². The van der Waals surface area contributed by atoms with Crippen molar-refractivity contribution in [2.45, 2.75) is 45.1 Å². The topological polar surface area (TPSA) is 37.3 Å². The lowest BCUT2D eigenvalue weighted by molar-refractivity contribution is -0.121. The maximum absolute atomic E-state index is 11.2. The lowest BCUT2D eigenvalue weighted by atomic mass is 9.77. The minimum Gasteiger partial charge on any atom is -0.392 e. The molecule has 2 nitrogen and oxygen atoms in total. The molecule has 1 aliphatic rings. The van der Waals surface area contributed by atoms with Crippen LogP contribution in [0, 0.1) is 5.41 Å². The Morgan fingerprint density at radius 2 is 2.46 bits per heavy atom. The Balaban J connectivity index is 2.71. The number of Topliss-reactive ketones (excluding diaryl/α,β-unsaturated/α-hetero) is 1. The zero-order chi connectivity index (χ0) is 9.90. The number of allylic oxidation sites excluding steroid dienone is 1. The van der Waals surface area contributed by atoms with Crippen molar-refractivity contribution in [2.75, 3.05) is 0 Å². The quantitative estimate of drug-likeness (QED) is 0.524. The highest BCUT2D eigenvalue weighted by atomic mass is 16.3. The van der Waals surface area contributed by atoms with Gasteiger partial charge < -0.3 is 5.11 Å². The van der Waals surface area contributed by atoms with E-state index in [-0.39, 0.29) is 11.2 Å². The van der Waals surface area contributed by atoms with Crippen LogP contribution in [0.2, 0.25) is 0 Å². The molecule has 0 radical (unpaired) electrons. The Bertz CT molecular complexity index is 210. The zero-order valence-electron chi connectivity index (χ0n) is 8.25. The molecule has 0 aromatic heterocycles. The third-order valence-electron chi connectivity index (χ3n) is 3.04. The van der Waals surface area contributed by atoms with E-state index in [0.29, 0.717) is 12.8 Å². The molecular weight excluding hydrogens is 164 g/mol. The summed E-state index contributed by atoms with van der Waals surface area (Å²) in [6, 6.07) is 0. The van der Waals surface area contributed by atoms with Crippen LogP contribution in [0.5, 0.6) is 0 Å². The molecule has 2 heteroatoms. The lowest BCUT2D eigenvalue weighted by Crippen LogP contribution is -2.31. The van der Waals surface area contributed by atoms with E-state index in [1.807, 2.05) is 13.0 Å². The third-order valence-corrected chi connectivity index (χ3v) is 3.04. The van der Waals surface area contributed by atoms with Crippen LogP contribution in [0.3, 0.4) is 0 Å². The first-order valence-electron chi connectivity index (χ1n) is 4.89. The smallest absolute Gasteiger partial charge is 0.135 e. The van der Waals surface area contributed by atoms with Gasteiger partial charge in [0.25, 0.3) is 0 Å². The number of ketones is 1. The molecule has 1 saturated carbocycles. The fraction of sp³-hybridized carbons (Fsp3) is 0.727. The summed E-state index contributed by atoms with van der Waals surface area (Å²) < 4.78 is 0. The minimum atomic E-state index is -0.486. The van der Waals surface area contributed by atoms with Crippen LogP contribution in [-0.2, 0) is 4.79 Å². The van der Waals surface area contributed by atoms with Crippen molar-refractivity contribution in [3.8, 4) is 0 Å². The first-order chi connectivity index (χ1) is 6.08.